The monoisotopic (exact) mass is 290 g/mol. The fraction of sp³-hybridized carbons (Fsp3) is 0.692. The van der Waals surface area contributed by atoms with E-state index < -0.39 is 10.8 Å². The van der Waals surface area contributed by atoms with Gasteiger partial charge in [0, 0.05) is 20.6 Å². The van der Waals surface area contributed by atoms with Gasteiger partial charge in [0.15, 0.2) is 0 Å². The summed E-state index contributed by atoms with van der Waals surface area (Å²) in [5, 5.41) is 2.37. The number of thioether (sulfide) groups is 2. The second-order valence-electron chi connectivity index (χ2n) is 4.48. The molecule has 0 aromatic carbocycles. The molecule has 0 aromatic rings. The smallest absolute Gasteiger partial charge is 0.0503 e. The molecule has 1 unspecified atom stereocenters. The summed E-state index contributed by atoms with van der Waals surface area (Å²) in [6.45, 7) is 5.93. The molecule has 0 spiro atoms. The van der Waals surface area contributed by atoms with Crippen molar-refractivity contribution >= 4 is 34.3 Å². The minimum absolute atomic E-state index is 0.399. The Balaban J connectivity index is 2.50. The van der Waals surface area contributed by atoms with Crippen molar-refractivity contribution in [2.75, 3.05) is 12.0 Å². The Bertz CT molecular complexity index is 304. The molecule has 1 fully saturated rings. The molecular formula is C13H22OS3. The van der Waals surface area contributed by atoms with Gasteiger partial charge in [-0.2, -0.15) is 0 Å². The van der Waals surface area contributed by atoms with E-state index in [0.717, 1.165) is 18.6 Å². The second kappa shape index (κ2) is 8.44. The standard InChI is InChI=1S/C13H22OS3/c1-11(2)9-16-13(15-3)10-17(14)12-7-5-4-6-8-12/h10,12H,1,4-9H2,2-3H3/b13-10-. The predicted molar refractivity (Wildman–Crippen MR) is 83.9 cm³/mol. The summed E-state index contributed by atoms with van der Waals surface area (Å²) in [5.74, 6) is 0.925. The highest BCUT2D eigenvalue weighted by Crippen LogP contribution is 2.30. The van der Waals surface area contributed by atoms with Gasteiger partial charge in [-0.3, -0.25) is 4.21 Å². The Kier molecular flexibility index (Phi) is 7.64. The molecule has 0 bridgehead atoms. The average Bonchev–Trinajstić information content (AvgIpc) is 2.35. The lowest BCUT2D eigenvalue weighted by molar-refractivity contribution is 0.506. The summed E-state index contributed by atoms with van der Waals surface area (Å²) in [7, 11) is -0.784. The molecule has 0 N–H and O–H groups in total. The molecule has 17 heavy (non-hydrogen) atoms. The zero-order chi connectivity index (χ0) is 12.7. The molecule has 98 valence electrons. The van der Waals surface area contributed by atoms with Crippen LogP contribution < -0.4 is 0 Å². The van der Waals surface area contributed by atoms with Gasteiger partial charge >= 0.3 is 0 Å². The summed E-state index contributed by atoms with van der Waals surface area (Å²) in [6, 6.07) is 0. The molecule has 1 nitrogen and oxygen atoms in total. The summed E-state index contributed by atoms with van der Waals surface area (Å²) in [4.78, 5) is 0. The fourth-order valence-electron chi connectivity index (χ4n) is 1.82. The number of hydrogen-bond acceptors (Lipinski definition) is 3. The predicted octanol–water partition coefficient (Wildman–Crippen LogP) is 4.54. The zero-order valence-corrected chi connectivity index (χ0v) is 13.2. The number of hydrogen-bond donors (Lipinski definition) is 0. The van der Waals surface area contributed by atoms with Crippen molar-refractivity contribution in [2.45, 2.75) is 44.3 Å². The van der Waals surface area contributed by atoms with Crippen LogP contribution in [0.25, 0.3) is 0 Å². The van der Waals surface area contributed by atoms with Gasteiger partial charge in [-0.25, -0.2) is 0 Å². The molecule has 0 aliphatic heterocycles. The molecule has 0 aromatic heterocycles. The van der Waals surface area contributed by atoms with Crippen molar-refractivity contribution in [3.8, 4) is 0 Å². The van der Waals surface area contributed by atoms with Crippen LogP contribution >= 0.6 is 23.5 Å². The molecule has 1 rings (SSSR count). The van der Waals surface area contributed by atoms with Crippen LogP contribution in [-0.2, 0) is 10.8 Å². The first-order valence-electron chi connectivity index (χ1n) is 6.06. The van der Waals surface area contributed by atoms with E-state index in [4.69, 9.17) is 0 Å². The highest BCUT2D eigenvalue weighted by Gasteiger charge is 2.18. The Morgan fingerprint density at radius 2 is 2.06 bits per heavy atom. The average molecular weight is 291 g/mol. The van der Waals surface area contributed by atoms with Crippen molar-refractivity contribution in [1.29, 1.82) is 0 Å². The first-order chi connectivity index (χ1) is 8.13. The molecule has 1 aliphatic carbocycles. The molecule has 0 amide bonds. The van der Waals surface area contributed by atoms with Crippen LogP contribution in [0, 0.1) is 0 Å². The van der Waals surface area contributed by atoms with Gasteiger partial charge in [-0.15, -0.1) is 23.5 Å². The van der Waals surface area contributed by atoms with Crippen LogP contribution in [0.1, 0.15) is 39.0 Å². The van der Waals surface area contributed by atoms with Gasteiger partial charge in [-0.1, -0.05) is 31.4 Å². The first kappa shape index (κ1) is 15.4. The highest BCUT2D eigenvalue weighted by molar-refractivity contribution is 8.22. The van der Waals surface area contributed by atoms with Gasteiger partial charge in [0.2, 0.25) is 0 Å². The van der Waals surface area contributed by atoms with Crippen LogP contribution in [0.4, 0.5) is 0 Å². The van der Waals surface area contributed by atoms with Gasteiger partial charge in [0.1, 0.15) is 0 Å². The van der Waals surface area contributed by atoms with E-state index in [2.05, 4.69) is 12.8 Å². The quantitative estimate of drug-likeness (QED) is 0.669. The van der Waals surface area contributed by atoms with E-state index in [1.165, 1.54) is 29.1 Å². The Hall–Kier alpha value is 0.330. The summed E-state index contributed by atoms with van der Waals surface area (Å²) < 4.78 is 13.4. The van der Waals surface area contributed by atoms with E-state index in [0.29, 0.717) is 5.25 Å². The molecule has 1 atom stereocenters. The maximum absolute atomic E-state index is 12.2. The van der Waals surface area contributed by atoms with E-state index in [1.54, 1.807) is 23.5 Å². The lowest BCUT2D eigenvalue weighted by Gasteiger charge is -2.19. The third-order valence-electron chi connectivity index (χ3n) is 2.76. The van der Waals surface area contributed by atoms with Crippen LogP contribution in [0.15, 0.2) is 21.8 Å². The summed E-state index contributed by atoms with van der Waals surface area (Å²) >= 11 is 3.45. The summed E-state index contributed by atoms with van der Waals surface area (Å²) in [5.41, 5.74) is 1.17. The Morgan fingerprint density at radius 3 is 2.59 bits per heavy atom. The van der Waals surface area contributed by atoms with Crippen molar-refractivity contribution < 1.29 is 4.21 Å². The molecule has 1 aliphatic rings. The van der Waals surface area contributed by atoms with Crippen molar-refractivity contribution in [3.05, 3.63) is 21.8 Å². The maximum Gasteiger partial charge on any atom is 0.0503 e. The van der Waals surface area contributed by atoms with Crippen LogP contribution in [0.5, 0.6) is 0 Å². The number of rotatable bonds is 6. The van der Waals surface area contributed by atoms with Gasteiger partial charge in [-0.05, 0) is 26.0 Å². The highest BCUT2D eigenvalue weighted by atomic mass is 32.2. The van der Waals surface area contributed by atoms with Crippen LogP contribution in [-0.4, -0.2) is 21.5 Å². The minimum atomic E-state index is -0.784. The largest absolute Gasteiger partial charge is 0.255 e. The third kappa shape index (κ3) is 6.16. The third-order valence-corrected chi connectivity index (χ3v) is 7.06. The van der Waals surface area contributed by atoms with Gasteiger partial charge in [0.25, 0.3) is 0 Å². The van der Waals surface area contributed by atoms with E-state index in [9.17, 15) is 4.21 Å². The van der Waals surface area contributed by atoms with E-state index >= 15 is 0 Å². The lowest BCUT2D eigenvalue weighted by Crippen LogP contribution is -2.16. The normalized spacial score (nSPS) is 20.2. The van der Waals surface area contributed by atoms with E-state index in [-0.39, 0.29) is 0 Å². The minimum Gasteiger partial charge on any atom is -0.255 e. The summed E-state index contributed by atoms with van der Waals surface area (Å²) in [6.07, 6.45) is 8.13. The lowest BCUT2D eigenvalue weighted by atomic mass is 10.0. The van der Waals surface area contributed by atoms with Crippen LogP contribution in [0.3, 0.4) is 0 Å². The van der Waals surface area contributed by atoms with Gasteiger partial charge < -0.3 is 0 Å². The molecule has 4 heteroatoms. The zero-order valence-electron chi connectivity index (χ0n) is 10.7. The van der Waals surface area contributed by atoms with Crippen molar-refractivity contribution in [2.24, 2.45) is 0 Å². The van der Waals surface area contributed by atoms with Crippen molar-refractivity contribution in [1.82, 2.24) is 0 Å². The van der Waals surface area contributed by atoms with Gasteiger partial charge in [0.05, 0.1) is 10.8 Å². The molecular weight excluding hydrogens is 268 g/mol. The second-order valence-corrected chi connectivity index (χ2v) is 8.16. The molecule has 1 saturated carbocycles. The Labute approximate surface area is 116 Å². The topological polar surface area (TPSA) is 17.1 Å². The fourth-order valence-corrected chi connectivity index (χ4v) is 5.27. The molecule has 0 radical (unpaired) electrons. The molecule has 0 saturated heterocycles. The SMILES string of the molecule is C=C(C)CS/C(=C\S(=O)C1CCCCC1)SC. The first-order valence-corrected chi connectivity index (χ1v) is 9.54. The van der Waals surface area contributed by atoms with E-state index in [1.807, 2.05) is 12.3 Å². The van der Waals surface area contributed by atoms with Crippen molar-refractivity contribution in [3.63, 3.8) is 0 Å². The van der Waals surface area contributed by atoms with Crippen LogP contribution in [0.2, 0.25) is 0 Å². The Morgan fingerprint density at radius 1 is 1.41 bits per heavy atom. The molecule has 0 heterocycles. The maximum atomic E-state index is 12.2.